The predicted octanol–water partition coefficient (Wildman–Crippen LogP) is 3.88. The van der Waals surface area contributed by atoms with Crippen LogP contribution >= 0.6 is 0 Å². The predicted molar refractivity (Wildman–Crippen MR) is 66.7 cm³/mol. The quantitative estimate of drug-likeness (QED) is 0.831. The van der Waals surface area contributed by atoms with E-state index in [1.54, 1.807) is 0 Å². The molecule has 0 aliphatic heterocycles. The highest BCUT2D eigenvalue weighted by molar-refractivity contribution is 5.34. The van der Waals surface area contributed by atoms with Gasteiger partial charge in [-0.2, -0.15) is 13.2 Å². The second kappa shape index (κ2) is 5.75. The van der Waals surface area contributed by atoms with Crippen molar-refractivity contribution in [2.45, 2.75) is 51.2 Å². The van der Waals surface area contributed by atoms with Crippen molar-refractivity contribution in [3.05, 3.63) is 17.8 Å². The molecule has 19 heavy (non-hydrogen) atoms. The molecular weight excluding hydrogens is 255 g/mol. The van der Waals surface area contributed by atoms with Crippen molar-refractivity contribution >= 4 is 5.82 Å². The van der Waals surface area contributed by atoms with E-state index >= 15 is 0 Å². The molecule has 1 aliphatic carbocycles. The van der Waals surface area contributed by atoms with Crippen molar-refractivity contribution in [3.8, 4) is 0 Å². The minimum absolute atomic E-state index is 0.272. The molecule has 0 bridgehead atoms. The number of alkyl halides is 3. The molecule has 1 aliphatic rings. The summed E-state index contributed by atoms with van der Waals surface area (Å²) in [5.74, 6) is 0.929. The minimum atomic E-state index is -4.43. The minimum Gasteiger partial charge on any atom is -0.366 e. The highest BCUT2D eigenvalue weighted by atomic mass is 19.4. The first-order valence-electron chi connectivity index (χ1n) is 6.64. The summed E-state index contributed by atoms with van der Waals surface area (Å²) < 4.78 is 37.1. The molecule has 0 saturated heterocycles. The van der Waals surface area contributed by atoms with Crippen LogP contribution in [-0.4, -0.2) is 16.2 Å². The summed E-state index contributed by atoms with van der Waals surface area (Å²) in [6.07, 6.45) is 1.34. The van der Waals surface area contributed by atoms with E-state index in [0.29, 0.717) is 11.7 Å². The van der Waals surface area contributed by atoms with E-state index in [4.69, 9.17) is 0 Å². The monoisotopic (exact) mass is 273 g/mol. The van der Waals surface area contributed by atoms with Crippen LogP contribution < -0.4 is 5.32 Å². The molecule has 2 rings (SSSR count). The number of hydrogen-bond donors (Lipinski definition) is 1. The van der Waals surface area contributed by atoms with Crippen molar-refractivity contribution in [2.75, 3.05) is 5.32 Å². The molecule has 2 atom stereocenters. The summed E-state index contributed by atoms with van der Waals surface area (Å²) in [4.78, 5) is 0. The zero-order valence-corrected chi connectivity index (χ0v) is 10.9. The SMILES string of the molecule is CC1CCCCCC1Nc1ccc(C(F)(F)F)nn1. The van der Waals surface area contributed by atoms with Crippen LogP contribution in [0.2, 0.25) is 0 Å². The Morgan fingerprint density at radius 3 is 2.47 bits per heavy atom. The lowest BCUT2D eigenvalue weighted by Crippen LogP contribution is -2.27. The molecule has 0 aromatic carbocycles. The Bertz CT molecular complexity index is 403. The number of nitrogens with zero attached hydrogens (tertiary/aromatic N) is 2. The molecule has 0 spiro atoms. The van der Waals surface area contributed by atoms with Crippen LogP contribution in [0.1, 0.15) is 44.7 Å². The van der Waals surface area contributed by atoms with E-state index in [9.17, 15) is 13.2 Å². The molecule has 6 heteroatoms. The molecule has 1 N–H and O–H groups in total. The maximum absolute atomic E-state index is 12.4. The number of rotatable bonds is 2. The Morgan fingerprint density at radius 1 is 1.11 bits per heavy atom. The van der Waals surface area contributed by atoms with Gasteiger partial charge < -0.3 is 5.32 Å². The fraction of sp³-hybridized carbons (Fsp3) is 0.692. The fourth-order valence-electron chi connectivity index (χ4n) is 2.46. The van der Waals surface area contributed by atoms with Crippen LogP contribution in [0, 0.1) is 5.92 Å². The Hall–Kier alpha value is -1.33. The van der Waals surface area contributed by atoms with Gasteiger partial charge in [-0.15, -0.1) is 10.2 Å². The molecule has 2 unspecified atom stereocenters. The van der Waals surface area contributed by atoms with E-state index in [1.165, 1.54) is 18.9 Å². The summed E-state index contributed by atoms with van der Waals surface area (Å²) in [6, 6.07) is 2.60. The lowest BCUT2D eigenvalue weighted by Gasteiger charge is -2.23. The maximum Gasteiger partial charge on any atom is 0.435 e. The second-order valence-electron chi connectivity index (χ2n) is 5.17. The molecule has 3 nitrogen and oxygen atoms in total. The van der Waals surface area contributed by atoms with E-state index in [1.807, 2.05) is 0 Å². The van der Waals surface area contributed by atoms with Gasteiger partial charge in [-0.3, -0.25) is 0 Å². The Morgan fingerprint density at radius 2 is 1.84 bits per heavy atom. The van der Waals surface area contributed by atoms with Gasteiger partial charge in [0.15, 0.2) is 5.69 Å². The molecule has 1 aromatic rings. The lowest BCUT2D eigenvalue weighted by molar-refractivity contribution is -0.141. The van der Waals surface area contributed by atoms with E-state index in [0.717, 1.165) is 25.3 Å². The van der Waals surface area contributed by atoms with Gasteiger partial charge in [0.1, 0.15) is 5.82 Å². The molecule has 1 saturated carbocycles. The molecule has 106 valence electrons. The van der Waals surface area contributed by atoms with E-state index in [-0.39, 0.29) is 6.04 Å². The van der Waals surface area contributed by atoms with Gasteiger partial charge in [-0.05, 0) is 30.9 Å². The third kappa shape index (κ3) is 3.81. The Balaban J connectivity index is 2.02. The highest BCUT2D eigenvalue weighted by Gasteiger charge is 2.33. The fourth-order valence-corrected chi connectivity index (χ4v) is 2.46. The van der Waals surface area contributed by atoms with Crippen LogP contribution in [0.4, 0.5) is 19.0 Å². The van der Waals surface area contributed by atoms with Crippen LogP contribution in [0.5, 0.6) is 0 Å². The van der Waals surface area contributed by atoms with Crippen LogP contribution in [0.15, 0.2) is 12.1 Å². The van der Waals surface area contributed by atoms with Gasteiger partial charge in [-0.1, -0.05) is 26.2 Å². The van der Waals surface area contributed by atoms with Crippen LogP contribution in [0.25, 0.3) is 0 Å². The molecule has 1 fully saturated rings. The first-order valence-corrected chi connectivity index (χ1v) is 6.64. The zero-order valence-electron chi connectivity index (χ0n) is 10.9. The molecule has 0 radical (unpaired) electrons. The van der Waals surface area contributed by atoms with Crippen molar-refractivity contribution in [2.24, 2.45) is 5.92 Å². The lowest BCUT2D eigenvalue weighted by atomic mass is 9.97. The smallest absolute Gasteiger partial charge is 0.366 e. The molecule has 0 amide bonds. The first-order chi connectivity index (χ1) is 8.97. The zero-order chi connectivity index (χ0) is 13.9. The van der Waals surface area contributed by atoms with Gasteiger partial charge >= 0.3 is 6.18 Å². The maximum atomic E-state index is 12.4. The van der Waals surface area contributed by atoms with Crippen molar-refractivity contribution in [1.82, 2.24) is 10.2 Å². The van der Waals surface area contributed by atoms with Crippen LogP contribution in [-0.2, 0) is 6.18 Å². The topological polar surface area (TPSA) is 37.8 Å². The number of anilines is 1. The largest absolute Gasteiger partial charge is 0.435 e. The molecular formula is C13H18F3N3. The van der Waals surface area contributed by atoms with Crippen molar-refractivity contribution in [1.29, 1.82) is 0 Å². The van der Waals surface area contributed by atoms with E-state index in [2.05, 4.69) is 22.4 Å². The summed E-state index contributed by atoms with van der Waals surface area (Å²) >= 11 is 0. The number of nitrogens with one attached hydrogen (secondary N) is 1. The second-order valence-corrected chi connectivity index (χ2v) is 5.17. The normalized spacial score (nSPS) is 24.8. The van der Waals surface area contributed by atoms with Crippen molar-refractivity contribution < 1.29 is 13.2 Å². The first kappa shape index (κ1) is 14.1. The standard InChI is InChI=1S/C13H18F3N3/c1-9-5-3-2-4-6-10(9)17-12-8-7-11(18-19-12)13(14,15)16/h7-10H,2-6H2,1H3,(H,17,19). The van der Waals surface area contributed by atoms with Gasteiger partial charge in [0.25, 0.3) is 0 Å². The summed E-state index contributed by atoms with van der Waals surface area (Å²) in [5, 5.41) is 10.1. The summed E-state index contributed by atoms with van der Waals surface area (Å²) in [5.41, 5.74) is -0.952. The number of halogens is 3. The van der Waals surface area contributed by atoms with Gasteiger partial charge in [0, 0.05) is 6.04 Å². The van der Waals surface area contributed by atoms with Crippen LogP contribution in [0.3, 0.4) is 0 Å². The highest BCUT2D eigenvalue weighted by Crippen LogP contribution is 2.28. The van der Waals surface area contributed by atoms with E-state index < -0.39 is 11.9 Å². The third-order valence-corrected chi connectivity index (χ3v) is 3.65. The summed E-state index contributed by atoms with van der Waals surface area (Å²) in [6.45, 7) is 2.17. The third-order valence-electron chi connectivity index (χ3n) is 3.65. The molecule has 1 heterocycles. The average molecular weight is 273 g/mol. The Kier molecular flexibility index (Phi) is 4.27. The van der Waals surface area contributed by atoms with Gasteiger partial charge in [0.05, 0.1) is 0 Å². The number of hydrogen-bond acceptors (Lipinski definition) is 3. The van der Waals surface area contributed by atoms with Crippen molar-refractivity contribution in [3.63, 3.8) is 0 Å². The summed E-state index contributed by atoms with van der Waals surface area (Å²) in [7, 11) is 0. The Labute approximate surface area is 110 Å². The van der Waals surface area contributed by atoms with Gasteiger partial charge in [0.2, 0.25) is 0 Å². The average Bonchev–Trinajstić information content (AvgIpc) is 2.55. The number of aromatic nitrogens is 2. The van der Waals surface area contributed by atoms with Gasteiger partial charge in [-0.25, -0.2) is 0 Å². The molecule has 1 aromatic heterocycles.